The zero-order valence-corrected chi connectivity index (χ0v) is 15.3. The van der Waals surface area contributed by atoms with Crippen molar-refractivity contribution < 1.29 is 9.53 Å². The Morgan fingerprint density at radius 1 is 1.30 bits per heavy atom. The van der Waals surface area contributed by atoms with Crippen molar-refractivity contribution in [2.24, 2.45) is 15.9 Å². The predicted octanol–water partition coefficient (Wildman–Crippen LogP) is 2.62. The molecule has 6 nitrogen and oxygen atoms in total. The van der Waals surface area contributed by atoms with Crippen molar-refractivity contribution in [2.75, 3.05) is 6.54 Å². The van der Waals surface area contributed by atoms with Gasteiger partial charge in [-0.1, -0.05) is 18.2 Å². The quantitative estimate of drug-likeness (QED) is 0.843. The number of nitrogens with zero attached hydrogens (tertiary/aromatic N) is 3. The number of aryl methyl sites for hydroxylation is 1. The molecule has 3 heterocycles. The van der Waals surface area contributed by atoms with Crippen LogP contribution in [-0.4, -0.2) is 42.1 Å². The first-order valence-corrected chi connectivity index (χ1v) is 9.55. The smallest absolute Gasteiger partial charge is 0.220 e. The van der Waals surface area contributed by atoms with Crippen LogP contribution in [0.2, 0.25) is 0 Å². The molecule has 3 aliphatic rings. The Labute approximate surface area is 159 Å². The van der Waals surface area contributed by atoms with E-state index in [-0.39, 0.29) is 18.2 Å². The van der Waals surface area contributed by atoms with Crippen molar-refractivity contribution in [1.29, 1.82) is 0 Å². The van der Waals surface area contributed by atoms with Crippen LogP contribution >= 0.6 is 0 Å². The number of carbonyl (C=O) groups excluding carboxylic acids is 1. The Bertz CT molecular complexity index is 786. The van der Waals surface area contributed by atoms with Gasteiger partial charge in [-0.15, -0.1) is 0 Å². The van der Waals surface area contributed by atoms with E-state index in [1.54, 1.807) is 12.4 Å². The number of hydrogen-bond acceptors (Lipinski definition) is 5. The largest absolute Gasteiger partial charge is 0.492 e. The average molecular weight is 364 g/mol. The summed E-state index contributed by atoms with van der Waals surface area (Å²) in [5.41, 5.74) is 2.13. The summed E-state index contributed by atoms with van der Waals surface area (Å²) < 4.78 is 6.20. The van der Waals surface area contributed by atoms with E-state index in [0.717, 1.165) is 36.2 Å². The highest BCUT2D eigenvalue weighted by molar-refractivity contribution is 5.81. The molecule has 1 saturated heterocycles. The molecular weight excluding hydrogens is 340 g/mol. The number of pyridine rings is 1. The number of carbonyl (C=O) groups is 1. The average Bonchev–Trinajstić information content (AvgIpc) is 3.15. The van der Waals surface area contributed by atoms with Crippen molar-refractivity contribution in [3.05, 3.63) is 53.6 Å². The van der Waals surface area contributed by atoms with Crippen LogP contribution in [0.25, 0.3) is 0 Å². The third-order valence-electron chi connectivity index (χ3n) is 5.09. The minimum absolute atomic E-state index is 0.0128. The summed E-state index contributed by atoms with van der Waals surface area (Å²) in [6.07, 6.45) is 15.3. The molecule has 140 valence electrons. The molecule has 27 heavy (non-hydrogen) atoms. The summed E-state index contributed by atoms with van der Waals surface area (Å²) in [7, 11) is 0. The molecule has 2 aliphatic heterocycles. The van der Waals surface area contributed by atoms with Gasteiger partial charge in [0.2, 0.25) is 5.91 Å². The summed E-state index contributed by atoms with van der Waals surface area (Å²) in [5, 5.41) is 3.01. The van der Waals surface area contributed by atoms with Crippen LogP contribution in [0.5, 0.6) is 0 Å². The highest BCUT2D eigenvalue weighted by Gasteiger charge is 2.35. The van der Waals surface area contributed by atoms with Gasteiger partial charge in [0.15, 0.2) is 6.17 Å². The van der Waals surface area contributed by atoms with Gasteiger partial charge in [-0.05, 0) is 30.9 Å². The maximum Gasteiger partial charge on any atom is 0.220 e. The van der Waals surface area contributed by atoms with E-state index in [1.807, 2.05) is 24.6 Å². The maximum atomic E-state index is 12.1. The van der Waals surface area contributed by atoms with Gasteiger partial charge < -0.3 is 10.1 Å². The highest BCUT2D eigenvalue weighted by Crippen LogP contribution is 2.39. The van der Waals surface area contributed by atoms with E-state index in [9.17, 15) is 4.79 Å². The van der Waals surface area contributed by atoms with Crippen LogP contribution in [0.3, 0.4) is 0 Å². The maximum absolute atomic E-state index is 12.1. The van der Waals surface area contributed by atoms with Crippen molar-refractivity contribution in [2.45, 2.75) is 44.4 Å². The Balaban J connectivity index is 1.30. The molecule has 1 amide bonds. The fourth-order valence-corrected chi connectivity index (χ4v) is 3.72. The van der Waals surface area contributed by atoms with E-state index in [4.69, 9.17) is 4.74 Å². The van der Waals surface area contributed by atoms with Crippen LogP contribution in [0.15, 0.2) is 58.0 Å². The molecule has 1 N–H and O–H groups in total. The minimum atomic E-state index is -0.180. The Kier molecular flexibility index (Phi) is 5.42. The molecule has 2 atom stereocenters. The molecule has 1 aliphatic carbocycles. The molecule has 1 aromatic heterocycles. The Hall–Kier alpha value is -2.76. The lowest BCUT2D eigenvalue weighted by molar-refractivity contribution is -0.121. The number of aromatic nitrogens is 1. The topological polar surface area (TPSA) is 75.9 Å². The van der Waals surface area contributed by atoms with Gasteiger partial charge in [-0.3, -0.25) is 19.8 Å². The molecule has 1 aromatic rings. The number of amides is 1. The second-order valence-corrected chi connectivity index (χ2v) is 7.07. The van der Waals surface area contributed by atoms with Crippen molar-refractivity contribution in [1.82, 2.24) is 10.3 Å². The number of nitrogens with one attached hydrogen (secondary N) is 1. The van der Waals surface area contributed by atoms with Gasteiger partial charge in [0.25, 0.3) is 0 Å². The molecule has 0 aromatic carbocycles. The lowest BCUT2D eigenvalue weighted by Crippen LogP contribution is -2.32. The number of rotatable bonds is 6. The van der Waals surface area contributed by atoms with Gasteiger partial charge in [0, 0.05) is 49.2 Å². The number of fused-ring (bicyclic) bond motifs is 1. The Morgan fingerprint density at radius 2 is 2.19 bits per heavy atom. The first kappa shape index (κ1) is 17.6. The van der Waals surface area contributed by atoms with E-state index >= 15 is 0 Å². The van der Waals surface area contributed by atoms with Gasteiger partial charge >= 0.3 is 0 Å². The standard InChI is InChI=1S/C21H24N4O2/c26-19(8-7-15-4-2-9-22-13-15)25-14-17-12-16-5-1-6-18(20(16)27-17)21-23-10-3-11-24-21/h1-2,4,6,9-11,13,16-17,21H,3,5,7-8,12,14H2,(H,25,26). The van der Waals surface area contributed by atoms with Crippen LogP contribution in [0.1, 0.15) is 31.2 Å². The molecular formula is C21H24N4O2. The molecule has 0 bridgehead atoms. The number of aliphatic imine (C=N–C) groups is 2. The van der Waals surface area contributed by atoms with E-state index < -0.39 is 0 Å². The van der Waals surface area contributed by atoms with Gasteiger partial charge in [-0.2, -0.15) is 0 Å². The normalized spacial score (nSPS) is 24.0. The zero-order chi connectivity index (χ0) is 18.5. The van der Waals surface area contributed by atoms with Gasteiger partial charge in [-0.25, -0.2) is 0 Å². The van der Waals surface area contributed by atoms with Crippen LogP contribution in [0, 0.1) is 5.92 Å². The summed E-state index contributed by atoms with van der Waals surface area (Å²) in [4.78, 5) is 25.2. The van der Waals surface area contributed by atoms with Crippen molar-refractivity contribution in [3.63, 3.8) is 0 Å². The predicted molar refractivity (Wildman–Crippen MR) is 105 cm³/mol. The molecule has 0 radical (unpaired) electrons. The Morgan fingerprint density at radius 3 is 3.00 bits per heavy atom. The van der Waals surface area contributed by atoms with E-state index in [1.165, 1.54) is 0 Å². The van der Waals surface area contributed by atoms with E-state index in [0.29, 0.717) is 25.3 Å². The number of ether oxygens (including phenoxy) is 1. The number of hydrogen-bond donors (Lipinski definition) is 1. The lowest BCUT2D eigenvalue weighted by atomic mass is 9.90. The third-order valence-corrected chi connectivity index (χ3v) is 5.09. The SMILES string of the molecule is O=C(CCc1cccnc1)NCC1CC2CC=CC(C3N=CCC=N3)=C2O1. The fourth-order valence-electron chi connectivity index (χ4n) is 3.72. The second kappa shape index (κ2) is 8.29. The number of allylic oxidation sites excluding steroid dienone is 2. The van der Waals surface area contributed by atoms with Crippen molar-refractivity contribution >= 4 is 18.3 Å². The molecule has 6 heteroatoms. The van der Waals surface area contributed by atoms with Crippen molar-refractivity contribution in [3.8, 4) is 0 Å². The molecule has 0 saturated carbocycles. The van der Waals surface area contributed by atoms with Crippen LogP contribution in [-0.2, 0) is 16.0 Å². The monoisotopic (exact) mass is 364 g/mol. The van der Waals surface area contributed by atoms with E-state index in [2.05, 4.69) is 32.4 Å². The first-order valence-electron chi connectivity index (χ1n) is 9.55. The third kappa shape index (κ3) is 4.32. The van der Waals surface area contributed by atoms with Crippen LogP contribution in [0.4, 0.5) is 0 Å². The zero-order valence-electron chi connectivity index (χ0n) is 15.3. The van der Waals surface area contributed by atoms with Crippen LogP contribution < -0.4 is 5.32 Å². The molecule has 2 unspecified atom stereocenters. The second-order valence-electron chi connectivity index (χ2n) is 7.07. The first-order chi connectivity index (χ1) is 13.3. The lowest BCUT2D eigenvalue weighted by Gasteiger charge is -2.21. The summed E-state index contributed by atoms with van der Waals surface area (Å²) in [5.74, 6) is 1.43. The summed E-state index contributed by atoms with van der Waals surface area (Å²) >= 11 is 0. The fraction of sp³-hybridized carbons (Fsp3) is 0.429. The molecule has 0 spiro atoms. The molecule has 4 rings (SSSR count). The molecule has 1 fully saturated rings. The van der Waals surface area contributed by atoms with Gasteiger partial charge in [0.1, 0.15) is 11.9 Å². The summed E-state index contributed by atoms with van der Waals surface area (Å²) in [6, 6.07) is 3.88. The summed E-state index contributed by atoms with van der Waals surface area (Å²) in [6.45, 7) is 0.538. The highest BCUT2D eigenvalue weighted by atomic mass is 16.5. The van der Waals surface area contributed by atoms with Gasteiger partial charge in [0.05, 0.1) is 6.54 Å². The minimum Gasteiger partial charge on any atom is -0.492 e.